The number of carbonyl (C=O) groups excluding carboxylic acids is 1. The fourth-order valence-electron chi connectivity index (χ4n) is 1.97. The molecule has 6 heteroatoms. The standard InChI is InChI=1S/C13H16ClFN2O2/c1-8(18)5-16-13(19)17-6-10(7-17)9-2-3-12(15)11(14)4-9/h2-4,8,10,18H,5-7H2,1H3,(H,16,19)/t8-/m1/s1. The Kier molecular flexibility index (Phi) is 4.27. The molecule has 1 atom stereocenters. The lowest BCUT2D eigenvalue weighted by atomic mass is 9.92. The SMILES string of the molecule is C[C@@H](O)CNC(=O)N1CC(c2ccc(F)c(Cl)c2)C1. The molecule has 104 valence electrons. The molecule has 1 heterocycles. The minimum absolute atomic E-state index is 0.106. The van der Waals surface area contributed by atoms with Crippen molar-refractivity contribution in [2.45, 2.75) is 18.9 Å². The number of nitrogens with zero attached hydrogens (tertiary/aromatic N) is 1. The summed E-state index contributed by atoms with van der Waals surface area (Å²) < 4.78 is 13.0. The summed E-state index contributed by atoms with van der Waals surface area (Å²) in [5, 5.41) is 11.8. The summed E-state index contributed by atoms with van der Waals surface area (Å²) in [6.45, 7) is 3.00. The summed E-state index contributed by atoms with van der Waals surface area (Å²) in [5.41, 5.74) is 0.936. The third-order valence-corrected chi connectivity index (χ3v) is 3.42. The van der Waals surface area contributed by atoms with Crippen LogP contribution in [-0.2, 0) is 0 Å². The number of aliphatic hydroxyl groups is 1. The van der Waals surface area contributed by atoms with Gasteiger partial charge in [0.2, 0.25) is 0 Å². The zero-order valence-electron chi connectivity index (χ0n) is 10.6. The van der Waals surface area contributed by atoms with E-state index >= 15 is 0 Å². The predicted molar refractivity (Wildman–Crippen MR) is 70.8 cm³/mol. The number of hydrogen-bond donors (Lipinski definition) is 2. The molecule has 0 aromatic heterocycles. The Balaban J connectivity index is 1.85. The summed E-state index contributed by atoms with van der Waals surface area (Å²) in [4.78, 5) is 13.3. The van der Waals surface area contributed by atoms with E-state index in [4.69, 9.17) is 16.7 Å². The highest BCUT2D eigenvalue weighted by Gasteiger charge is 2.31. The number of benzene rings is 1. The molecule has 19 heavy (non-hydrogen) atoms. The highest BCUT2D eigenvalue weighted by atomic mass is 35.5. The van der Waals surface area contributed by atoms with Crippen molar-refractivity contribution < 1.29 is 14.3 Å². The van der Waals surface area contributed by atoms with E-state index in [0.717, 1.165) is 5.56 Å². The fourth-order valence-corrected chi connectivity index (χ4v) is 2.16. The summed E-state index contributed by atoms with van der Waals surface area (Å²) in [7, 11) is 0. The molecule has 1 aromatic carbocycles. The van der Waals surface area contributed by atoms with Crippen LogP contribution in [0.5, 0.6) is 0 Å². The van der Waals surface area contributed by atoms with Crippen LogP contribution in [0.15, 0.2) is 18.2 Å². The number of likely N-dealkylation sites (tertiary alicyclic amines) is 1. The molecule has 2 amide bonds. The van der Waals surface area contributed by atoms with Crippen molar-refractivity contribution in [1.29, 1.82) is 0 Å². The summed E-state index contributed by atoms with van der Waals surface area (Å²) in [6, 6.07) is 4.45. The molecular weight excluding hydrogens is 271 g/mol. The average Bonchev–Trinajstić information content (AvgIpc) is 2.29. The molecular formula is C13H16ClFN2O2. The van der Waals surface area contributed by atoms with Gasteiger partial charge in [-0.25, -0.2) is 9.18 Å². The van der Waals surface area contributed by atoms with Crippen LogP contribution in [0.25, 0.3) is 0 Å². The van der Waals surface area contributed by atoms with E-state index in [-0.39, 0.29) is 23.5 Å². The molecule has 0 radical (unpaired) electrons. The number of carbonyl (C=O) groups is 1. The van der Waals surface area contributed by atoms with Gasteiger partial charge in [0.05, 0.1) is 11.1 Å². The fraction of sp³-hybridized carbons (Fsp3) is 0.462. The number of urea groups is 1. The maximum absolute atomic E-state index is 13.0. The van der Waals surface area contributed by atoms with Gasteiger partial charge in [-0.15, -0.1) is 0 Å². The number of amides is 2. The Morgan fingerprint density at radius 3 is 2.89 bits per heavy atom. The molecule has 2 rings (SSSR count). The van der Waals surface area contributed by atoms with E-state index in [1.54, 1.807) is 24.0 Å². The topological polar surface area (TPSA) is 52.6 Å². The molecule has 0 unspecified atom stereocenters. The maximum atomic E-state index is 13.0. The van der Waals surface area contributed by atoms with Crippen LogP contribution in [0, 0.1) is 5.82 Å². The molecule has 1 aliphatic heterocycles. The zero-order chi connectivity index (χ0) is 14.0. The summed E-state index contributed by atoms with van der Waals surface area (Å²) in [6.07, 6.45) is -0.558. The first-order chi connectivity index (χ1) is 8.97. The van der Waals surface area contributed by atoms with Crippen molar-refractivity contribution in [2.75, 3.05) is 19.6 Å². The second-order valence-corrected chi connectivity index (χ2v) is 5.22. The van der Waals surface area contributed by atoms with Gasteiger partial charge in [-0.1, -0.05) is 17.7 Å². The Morgan fingerprint density at radius 1 is 1.63 bits per heavy atom. The van der Waals surface area contributed by atoms with Crippen molar-refractivity contribution >= 4 is 17.6 Å². The van der Waals surface area contributed by atoms with Gasteiger partial charge in [-0.3, -0.25) is 0 Å². The van der Waals surface area contributed by atoms with Crippen LogP contribution in [-0.4, -0.2) is 41.8 Å². The first kappa shape index (κ1) is 14.1. The Labute approximate surface area is 116 Å². The van der Waals surface area contributed by atoms with Gasteiger partial charge in [0, 0.05) is 25.6 Å². The van der Waals surface area contributed by atoms with E-state index in [9.17, 15) is 9.18 Å². The predicted octanol–water partition coefficient (Wildman–Crippen LogP) is 1.97. The molecule has 1 saturated heterocycles. The lowest BCUT2D eigenvalue weighted by Crippen LogP contribution is -2.53. The normalized spacial score (nSPS) is 16.9. The van der Waals surface area contributed by atoms with Gasteiger partial charge in [0.15, 0.2) is 0 Å². The first-order valence-electron chi connectivity index (χ1n) is 6.13. The molecule has 4 nitrogen and oxygen atoms in total. The summed E-state index contributed by atoms with van der Waals surface area (Å²) >= 11 is 5.73. The number of hydrogen-bond acceptors (Lipinski definition) is 2. The number of rotatable bonds is 3. The minimum atomic E-state index is -0.558. The third-order valence-electron chi connectivity index (χ3n) is 3.13. The van der Waals surface area contributed by atoms with E-state index in [0.29, 0.717) is 13.1 Å². The van der Waals surface area contributed by atoms with Crippen molar-refractivity contribution in [1.82, 2.24) is 10.2 Å². The van der Waals surface area contributed by atoms with E-state index in [2.05, 4.69) is 5.32 Å². The van der Waals surface area contributed by atoms with Crippen LogP contribution < -0.4 is 5.32 Å². The lowest BCUT2D eigenvalue weighted by Gasteiger charge is -2.39. The molecule has 1 fully saturated rings. The average molecular weight is 287 g/mol. The van der Waals surface area contributed by atoms with Gasteiger partial charge >= 0.3 is 6.03 Å². The van der Waals surface area contributed by atoms with Gasteiger partial charge in [0.25, 0.3) is 0 Å². The van der Waals surface area contributed by atoms with Crippen molar-refractivity contribution in [2.24, 2.45) is 0 Å². The quantitative estimate of drug-likeness (QED) is 0.892. The second kappa shape index (κ2) is 5.75. The highest BCUT2D eigenvalue weighted by molar-refractivity contribution is 6.30. The monoisotopic (exact) mass is 286 g/mol. The van der Waals surface area contributed by atoms with E-state index < -0.39 is 11.9 Å². The maximum Gasteiger partial charge on any atom is 0.317 e. The molecule has 0 saturated carbocycles. The van der Waals surface area contributed by atoms with E-state index in [1.807, 2.05) is 0 Å². The minimum Gasteiger partial charge on any atom is -0.392 e. The van der Waals surface area contributed by atoms with Crippen LogP contribution in [0.4, 0.5) is 9.18 Å². The van der Waals surface area contributed by atoms with Crippen LogP contribution in [0.3, 0.4) is 0 Å². The highest BCUT2D eigenvalue weighted by Crippen LogP contribution is 2.29. The molecule has 1 aromatic rings. The Morgan fingerprint density at radius 2 is 2.32 bits per heavy atom. The molecule has 0 bridgehead atoms. The Bertz CT molecular complexity index is 476. The van der Waals surface area contributed by atoms with Crippen molar-refractivity contribution in [3.05, 3.63) is 34.6 Å². The van der Waals surface area contributed by atoms with Crippen molar-refractivity contribution in [3.8, 4) is 0 Å². The van der Waals surface area contributed by atoms with Crippen molar-refractivity contribution in [3.63, 3.8) is 0 Å². The van der Waals surface area contributed by atoms with Gasteiger partial charge < -0.3 is 15.3 Å². The first-order valence-corrected chi connectivity index (χ1v) is 6.51. The smallest absolute Gasteiger partial charge is 0.317 e. The third kappa shape index (κ3) is 3.36. The number of halogens is 2. The van der Waals surface area contributed by atoms with Gasteiger partial charge in [-0.05, 0) is 24.6 Å². The molecule has 0 spiro atoms. The Hall–Kier alpha value is -1.33. The van der Waals surface area contributed by atoms with Crippen LogP contribution >= 0.6 is 11.6 Å². The largest absolute Gasteiger partial charge is 0.392 e. The van der Waals surface area contributed by atoms with Gasteiger partial charge in [0.1, 0.15) is 5.82 Å². The molecule has 1 aliphatic rings. The van der Waals surface area contributed by atoms with Gasteiger partial charge in [-0.2, -0.15) is 0 Å². The number of aliphatic hydroxyl groups excluding tert-OH is 1. The zero-order valence-corrected chi connectivity index (χ0v) is 11.3. The lowest BCUT2D eigenvalue weighted by molar-refractivity contribution is 0.141. The second-order valence-electron chi connectivity index (χ2n) is 4.81. The molecule has 0 aliphatic carbocycles. The van der Waals surface area contributed by atoms with Crippen LogP contribution in [0.1, 0.15) is 18.4 Å². The number of nitrogens with one attached hydrogen (secondary N) is 1. The van der Waals surface area contributed by atoms with E-state index in [1.165, 1.54) is 6.07 Å². The van der Waals surface area contributed by atoms with Crippen LogP contribution in [0.2, 0.25) is 5.02 Å². The summed E-state index contributed by atoms with van der Waals surface area (Å²) in [5.74, 6) is -0.244. The molecule has 2 N–H and O–H groups in total.